The molecular formula is C19H21NO3. The highest BCUT2D eigenvalue weighted by Crippen LogP contribution is 2.34. The molecule has 120 valence electrons. The van der Waals surface area contributed by atoms with Crippen molar-refractivity contribution < 1.29 is 15.0 Å². The molecule has 1 aliphatic rings. The number of carbonyl (C=O) groups excluding carboxylic acids is 1. The first kappa shape index (κ1) is 15.7. The van der Waals surface area contributed by atoms with Gasteiger partial charge in [-0.3, -0.25) is 4.79 Å². The van der Waals surface area contributed by atoms with Crippen LogP contribution in [0.25, 0.3) is 0 Å². The standard InChI is InChI=1S/C19H21NO3/c21-17(15-8-2-1-3-9-15)18(22)20-13-19(23)12-6-10-14-7-4-5-11-16(14)19/h1-5,7-9,11,17,21,23H,6,10,12-13H2,(H,20,22)/t17-,19?/m0/s1. The highest BCUT2D eigenvalue weighted by molar-refractivity contribution is 5.82. The molecule has 0 bridgehead atoms. The molecule has 2 aromatic carbocycles. The lowest BCUT2D eigenvalue weighted by atomic mass is 9.79. The Kier molecular flexibility index (Phi) is 4.46. The number of benzene rings is 2. The summed E-state index contributed by atoms with van der Waals surface area (Å²) in [6, 6.07) is 16.6. The SMILES string of the molecule is O=C(NCC1(O)CCCc2ccccc21)[C@@H](O)c1ccccc1. The molecule has 0 heterocycles. The summed E-state index contributed by atoms with van der Waals surface area (Å²) in [4.78, 5) is 12.2. The summed E-state index contributed by atoms with van der Waals surface area (Å²) in [5, 5.41) is 23.7. The van der Waals surface area contributed by atoms with Crippen molar-refractivity contribution in [3.05, 3.63) is 71.3 Å². The topological polar surface area (TPSA) is 69.6 Å². The first-order valence-electron chi connectivity index (χ1n) is 7.92. The fourth-order valence-corrected chi connectivity index (χ4v) is 3.20. The average molecular weight is 311 g/mol. The third kappa shape index (κ3) is 3.28. The fraction of sp³-hybridized carbons (Fsp3) is 0.316. The van der Waals surface area contributed by atoms with E-state index in [9.17, 15) is 15.0 Å². The molecule has 1 unspecified atom stereocenters. The van der Waals surface area contributed by atoms with Crippen LogP contribution in [0.2, 0.25) is 0 Å². The van der Waals surface area contributed by atoms with Crippen LogP contribution in [0.1, 0.15) is 35.6 Å². The number of aliphatic hydroxyl groups excluding tert-OH is 1. The zero-order valence-corrected chi connectivity index (χ0v) is 12.9. The van der Waals surface area contributed by atoms with E-state index in [0.29, 0.717) is 12.0 Å². The summed E-state index contributed by atoms with van der Waals surface area (Å²) >= 11 is 0. The highest BCUT2D eigenvalue weighted by atomic mass is 16.3. The molecule has 1 aliphatic carbocycles. The molecule has 0 aliphatic heterocycles. The van der Waals surface area contributed by atoms with Crippen molar-refractivity contribution in [2.75, 3.05) is 6.54 Å². The zero-order valence-electron chi connectivity index (χ0n) is 12.9. The minimum absolute atomic E-state index is 0.104. The van der Waals surface area contributed by atoms with Crippen LogP contribution >= 0.6 is 0 Å². The smallest absolute Gasteiger partial charge is 0.253 e. The summed E-state index contributed by atoms with van der Waals surface area (Å²) in [6.45, 7) is 0.104. The molecule has 0 fully saturated rings. The molecule has 0 aromatic heterocycles. The van der Waals surface area contributed by atoms with Crippen molar-refractivity contribution in [3.63, 3.8) is 0 Å². The van der Waals surface area contributed by atoms with Gasteiger partial charge in [-0.15, -0.1) is 0 Å². The van der Waals surface area contributed by atoms with E-state index in [-0.39, 0.29) is 6.54 Å². The number of hydrogen-bond donors (Lipinski definition) is 3. The molecule has 4 nitrogen and oxygen atoms in total. The second-order valence-electron chi connectivity index (χ2n) is 6.07. The molecule has 0 spiro atoms. The number of nitrogens with one attached hydrogen (secondary N) is 1. The first-order chi connectivity index (χ1) is 11.1. The summed E-state index contributed by atoms with van der Waals surface area (Å²) in [7, 11) is 0. The van der Waals surface area contributed by atoms with E-state index < -0.39 is 17.6 Å². The molecule has 1 amide bonds. The van der Waals surface area contributed by atoms with E-state index >= 15 is 0 Å². The Bertz CT molecular complexity index is 686. The van der Waals surface area contributed by atoms with Crippen LogP contribution < -0.4 is 5.32 Å². The van der Waals surface area contributed by atoms with E-state index in [1.807, 2.05) is 30.3 Å². The van der Waals surface area contributed by atoms with Gasteiger partial charge in [0, 0.05) is 0 Å². The largest absolute Gasteiger partial charge is 0.383 e. The van der Waals surface area contributed by atoms with Crippen LogP contribution in [0.5, 0.6) is 0 Å². The predicted octanol–water partition coefficient (Wildman–Crippen LogP) is 2.06. The number of amides is 1. The summed E-state index contributed by atoms with van der Waals surface area (Å²) in [5.41, 5.74) is 1.47. The van der Waals surface area contributed by atoms with E-state index in [1.165, 1.54) is 0 Å². The predicted molar refractivity (Wildman–Crippen MR) is 87.7 cm³/mol. The second-order valence-corrected chi connectivity index (χ2v) is 6.07. The van der Waals surface area contributed by atoms with Gasteiger partial charge in [0.2, 0.25) is 0 Å². The Balaban J connectivity index is 1.70. The van der Waals surface area contributed by atoms with E-state index in [0.717, 1.165) is 24.0 Å². The fourth-order valence-electron chi connectivity index (χ4n) is 3.20. The van der Waals surface area contributed by atoms with Gasteiger partial charge in [-0.1, -0.05) is 54.6 Å². The molecule has 4 heteroatoms. The van der Waals surface area contributed by atoms with Gasteiger partial charge in [0.15, 0.2) is 6.10 Å². The Hall–Kier alpha value is -2.17. The first-order valence-corrected chi connectivity index (χ1v) is 7.92. The van der Waals surface area contributed by atoms with Gasteiger partial charge < -0.3 is 15.5 Å². The van der Waals surface area contributed by atoms with E-state index in [1.54, 1.807) is 24.3 Å². The molecular weight excluding hydrogens is 290 g/mol. The maximum absolute atomic E-state index is 12.2. The minimum Gasteiger partial charge on any atom is -0.383 e. The third-order valence-electron chi connectivity index (χ3n) is 4.47. The lowest BCUT2D eigenvalue weighted by Crippen LogP contribution is -2.44. The molecule has 23 heavy (non-hydrogen) atoms. The number of aryl methyl sites for hydroxylation is 1. The molecule has 2 atom stereocenters. The molecule has 2 aromatic rings. The number of aliphatic hydroxyl groups is 2. The maximum atomic E-state index is 12.2. The summed E-state index contributed by atoms with van der Waals surface area (Å²) < 4.78 is 0. The van der Waals surface area contributed by atoms with Gasteiger partial charge in [0.05, 0.1) is 6.54 Å². The van der Waals surface area contributed by atoms with Crippen molar-refractivity contribution in [2.24, 2.45) is 0 Å². The van der Waals surface area contributed by atoms with Crippen LogP contribution in [-0.2, 0) is 16.8 Å². The van der Waals surface area contributed by atoms with E-state index in [4.69, 9.17) is 0 Å². The number of hydrogen-bond acceptors (Lipinski definition) is 3. The van der Waals surface area contributed by atoms with Crippen LogP contribution in [0.3, 0.4) is 0 Å². The van der Waals surface area contributed by atoms with Crippen molar-refractivity contribution in [1.82, 2.24) is 5.32 Å². The van der Waals surface area contributed by atoms with Gasteiger partial charge in [-0.25, -0.2) is 0 Å². The Labute approximate surface area is 135 Å². The number of rotatable bonds is 4. The Morgan fingerprint density at radius 3 is 2.61 bits per heavy atom. The molecule has 0 saturated heterocycles. The number of carbonyl (C=O) groups is 1. The normalized spacial score (nSPS) is 21.3. The maximum Gasteiger partial charge on any atom is 0.253 e. The van der Waals surface area contributed by atoms with Gasteiger partial charge in [-0.05, 0) is 36.0 Å². The average Bonchev–Trinajstić information content (AvgIpc) is 2.60. The molecule has 0 saturated carbocycles. The summed E-state index contributed by atoms with van der Waals surface area (Å²) in [5.74, 6) is -0.493. The van der Waals surface area contributed by atoms with Crippen LogP contribution in [-0.4, -0.2) is 22.7 Å². The Morgan fingerprint density at radius 1 is 1.13 bits per heavy atom. The quantitative estimate of drug-likeness (QED) is 0.809. The van der Waals surface area contributed by atoms with Gasteiger partial charge in [0.1, 0.15) is 5.60 Å². The summed E-state index contributed by atoms with van der Waals surface area (Å²) in [6.07, 6.45) is 1.20. The van der Waals surface area contributed by atoms with Crippen molar-refractivity contribution in [3.8, 4) is 0 Å². The Morgan fingerprint density at radius 2 is 1.83 bits per heavy atom. The monoisotopic (exact) mass is 311 g/mol. The lowest BCUT2D eigenvalue weighted by Gasteiger charge is -2.34. The van der Waals surface area contributed by atoms with Gasteiger partial charge in [-0.2, -0.15) is 0 Å². The van der Waals surface area contributed by atoms with Crippen molar-refractivity contribution in [2.45, 2.75) is 31.0 Å². The third-order valence-corrected chi connectivity index (χ3v) is 4.47. The van der Waals surface area contributed by atoms with Crippen LogP contribution in [0, 0.1) is 0 Å². The number of fused-ring (bicyclic) bond motifs is 1. The molecule has 0 radical (unpaired) electrons. The minimum atomic E-state index is -1.22. The van der Waals surface area contributed by atoms with Crippen LogP contribution in [0.4, 0.5) is 0 Å². The molecule has 3 N–H and O–H groups in total. The van der Waals surface area contributed by atoms with E-state index in [2.05, 4.69) is 5.32 Å². The lowest BCUT2D eigenvalue weighted by molar-refractivity contribution is -0.131. The van der Waals surface area contributed by atoms with Crippen LogP contribution in [0.15, 0.2) is 54.6 Å². The van der Waals surface area contributed by atoms with Gasteiger partial charge >= 0.3 is 0 Å². The second kappa shape index (κ2) is 6.52. The van der Waals surface area contributed by atoms with Crippen molar-refractivity contribution in [1.29, 1.82) is 0 Å². The molecule has 3 rings (SSSR count). The van der Waals surface area contributed by atoms with Gasteiger partial charge in [0.25, 0.3) is 5.91 Å². The zero-order chi connectivity index (χ0) is 16.3. The highest BCUT2D eigenvalue weighted by Gasteiger charge is 2.34. The van der Waals surface area contributed by atoms with Crippen molar-refractivity contribution >= 4 is 5.91 Å².